The number of amides is 1. The summed E-state index contributed by atoms with van der Waals surface area (Å²) in [6, 6.07) is 14.0. The van der Waals surface area contributed by atoms with Gasteiger partial charge in [-0.05, 0) is 49.2 Å². The molecule has 1 aliphatic heterocycles. The number of benzene rings is 2. The van der Waals surface area contributed by atoms with Crippen molar-refractivity contribution in [3.05, 3.63) is 53.0 Å². The zero-order valence-electron chi connectivity index (χ0n) is 15.1. The first-order valence-corrected chi connectivity index (χ1v) is 11.0. The Morgan fingerprint density at radius 3 is 2.41 bits per heavy atom. The quantitative estimate of drug-likeness (QED) is 0.731. The first kappa shape index (κ1) is 19.9. The minimum absolute atomic E-state index is 0.151. The number of carbonyl (C=O) groups excluding carboxylic acids is 1. The van der Waals surface area contributed by atoms with Crippen molar-refractivity contribution in [1.82, 2.24) is 4.31 Å². The van der Waals surface area contributed by atoms with Gasteiger partial charge in [0.1, 0.15) is 0 Å². The second-order valence-electron chi connectivity index (χ2n) is 6.47. The van der Waals surface area contributed by atoms with E-state index < -0.39 is 10.0 Å². The first-order chi connectivity index (χ1) is 12.9. The van der Waals surface area contributed by atoms with Gasteiger partial charge in [-0.15, -0.1) is 0 Å². The summed E-state index contributed by atoms with van der Waals surface area (Å²) in [4.78, 5) is 14.9. The third-order valence-electron chi connectivity index (χ3n) is 4.51. The Labute approximate surface area is 168 Å². The number of para-hydroxylation sites is 2. The van der Waals surface area contributed by atoms with Crippen LogP contribution in [0.25, 0.3) is 0 Å². The van der Waals surface area contributed by atoms with Crippen LogP contribution in [0, 0.1) is 0 Å². The average Bonchev–Trinajstić information content (AvgIpc) is 3.17. The second-order valence-corrected chi connectivity index (χ2v) is 9.44. The molecule has 0 atom stereocenters. The van der Waals surface area contributed by atoms with E-state index in [1.54, 1.807) is 12.1 Å². The lowest BCUT2D eigenvalue weighted by Gasteiger charge is -2.22. The van der Waals surface area contributed by atoms with Crippen LogP contribution >= 0.6 is 15.9 Å². The number of nitrogens with zero attached hydrogens (tertiary/aromatic N) is 2. The molecule has 6 nitrogen and oxygen atoms in total. The van der Waals surface area contributed by atoms with Gasteiger partial charge < -0.3 is 10.2 Å². The van der Waals surface area contributed by atoms with Crippen LogP contribution in [-0.4, -0.2) is 45.3 Å². The van der Waals surface area contributed by atoms with Gasteiger partial charge in [-0.2, -0.15) is 4.31 Å². The number of nitrogens with one attached hydrogen (secondary N) is 1. The van der Waals surface area contributed by atoms with Crippen molar-refractivity contribution < 1.29 is 13.2 Å². The summed E-state index contributed by atoms with van der Waals surface area (Å²) in [7, 11) is -2.32. The molecule has 1 N–H and O–H groups in total. The minimum atomic E-state index is -3.73. The minimum Gasteiger partial charge on any atom is -0.370 e. The van der Waals surface area contributed by atoms with Gasteiger partial charge >= 0.3 is 0 Å². The summed E-state index contributed by atoms with van der Waals surface area (Å²) < 4.78 is 27.1. The zero-order valence-corrected chi connectivity index (χ0v) is 17.5. The van der Waals surface area contributed by atoms with Crippen LogP contribution in [0.1, 0.15) is 12.8 Å². The SMILES string of the molecule is CN(CC(=O)Nc1ccccc1N1CCCC1)S(=O)(=O)c1ccc(Br)cc1. The molecule has 1 saturated heterocycles. The molecule has 1 aliphatic rings. The largest absolute Gasteiger partial charge is 0.370 e. The van der Waals surface area contributed by atoms with Crippen LogP contribution in [-0.2, 0) is 14.8 Å². The lowest BCUT2D eigenvalue weighted by Crippen LogP contribution is -2.35. The van der Waals surface area contributed by atoms with Gasteiger partial charge in [-0.1, -0.05) is 28.1 Å². The second kappa shape index (κ2) is 8.41. The molecule has 3 rings (SSSR count). The van der Waals surface area contributed by atoms with Gasteiger partial charge in [0, 0.05) is 24.6 Å². The molecule has 0 spiro atoms. The van der Waals surface area contributed by atoms with Crippen molar-refractivity contribution in [2.24, 2.45) is 0 Å². The van der Waals surface area contributed by atoms with Crippen LogP contribution in [0.4, 0.5) is 11.4 Å². The monoisotopic (exact) mass is 451 g/mol. The van der Waals surface area contributed by atoms with Crippen molar-refractivity contribution in [2.75, 3.05) is 36.9 Å². The van der Waals surface area contributed by atoms with E-state index in [1.165, 1.54) is 19.2 Å². The predicted molar refractivity (Wildman–Crippen MR) is 110 cm³/mol. The summed E-state index contributed by atoms with van der Waals surface area (Å²) in [6.07, 6.45) is 2.27. The van der Waals surface area contributed by atoms with Crippen LogP contribution in [0.5, 0.6) is 0 Å². The standard InChI is InChI=1S/C19H22BrN3O3S/c1-22(27(25,26)16-10-8-15(20)9-11-16)14-19(24)21-17-6-2-3-7-18(17)23-12-4-5-13-23/h2-3,6-11H,4-5,12-14H2,1H3,(H,21,24). The molecule has 144 valence electrons. The van der Waals surface area contributed by atoms with Crippen LogP contribution in [0.2, 0.25) is 0 Å². The molecule has 1 fully saturated rings. The number of halogens is 1. The first-order valence-electron chi connectivity index (χ1n) is 8.73. The van der Waals surface area contributed by atoms with Gasteiger partial charge in [0.25, 0.3) is 0 Å². The molecule has 0 bridgehead atoms. The van der Waals surface area contributed by atoms with Gasteiger partial charge in [0.15, 0.2) is 0 Å². The van der Waals surface area contributed by atoms with E-state index in [2.05, 4.69) is 26.1 Å². The van der Waals surface area contributed by atoms with Crippen LogP contribution in [0.15, 0.2) is 57.9 Å². The Morgan fingerprint density at radius 1 is 1.11 bits per heavy atom. The van der Waals surface area contributed by atoms with Crippen molar-refractivity contribution in [3.8, 4) is 0 Å². The molecule has 2 aromatic rings. The maximum atomic E-state index is 12.6. The normalized spacial score (nSPS) is 14.6. The van der Waals surface area contributed by atoms with E-state index in [1.807, 2.05) is 24.3 Å². The van der Waals surface area contributed by atoms with Crippen LogP contribution < -0.4 is 10.2 Å². The Hall–Kier alpha value is -1.90. The van der Waals surface area contributed by atoms with E-state index in [0.29, 0.717) is 5.69 Å². The lowest BCUT2D eigenvalue weighted by molar-refractivity contribution is -0.116. The molecule has 0 saturated carbocycles. The lowest BCUT2D eigenvalue weighted by atomic mass is 10.2. The smallest absolute Gasteiger partial charge is 0.243 e. The third-order valence-corrected chi connectivity index (χ3v) is 6.86. The molecule has 1 heterocycles. The van der Waals surface area contributed by atoms with E-state index in [-0.39, 0.29) is 17.3 Å². The number of likely N-dealkylation sites (N-methyl/N-ethyl adjacent to an activating group) is 1. The Balaban J connectivity index is 1.70. The fourth-order valence-corrected chi connectivity index (χ4v) is 4.47. The van der Waals surface area contributed by atoms with Gasteiger partial charge in [-0.3, -0.25) is 4.79 Å². The fourth-order valence-electron chi connectivity index (χ4n) is 3.08. The number of carbonyl (C=O) groups is 1. The highest BCUT2D eigenvalue weighted by Crippen LogP contribution is 2.28. The molecule has 0 radical (unpaired) electrons. The van der Waals surface area contributed by atoms with E-state index >= 15 is 0 Å². The summed E-state index contributed by atoms with van der Waals surface area (Å²) in [5.41, 5.74) is 1.68. The molecule has 0 aromatic heterocycles. The van der Waals surface area contributed by atoms with E-state index in [4.69, 9.17) is 0 Å². The maximum absolute atomic E-state index is 12.6. The third kappa shape index (κ3) is 4.69. The molecule has 1 amide bonds. The molecule has 0 unspecified atom stereocenters. The summed E-state index contributed by atoms with van der Waals surface area (Å²) in [6.45, 7) is 1.67. The highest BCUT2D eigenvalue weighted by atomic mass is 79.9. The molecular weight excluding hydrogens is 430 g/mol. The van der Waals surface area contributed by atoms with E-state index in [0.717, 1.165) is 40.4 Å². The highest BCUT2D eigenvalue weighted by molar-refractivity contribution is 9.10. The molecular formula is C19H22BrN3O3S. The molecule has 2 aromatic carbocycles. The van der Waals surface area contributed by atoms with Crippen molar-refractivity contribution in [3.63, 3.8) is 0 Å². The Morgan fingerprint density at radius 2 is 1.74 bits per heavy atom. The topological polar surface area (TPSA) is 69.7 Å². The Kier molecular flexibility index (Phi) is 6.18. The van der Waals surface area contributed by atoms with Crippen molar-refractivity contribution in [2.45, 2.75) is 17.7 Å². The van der Waals surface area contributed by atoms with Gasteiger partial charge in [-0.25, -0.2) is 8.42 Å². The van der Waals surface area contributed by atoms with Gasteiger partial charge in [0.2, 0.25) is 15.9 Å². The summed E-state index contributed by atoms with van der Waals surface area (Å²) in [5.74, 6) is -0.371. The number of hydrogen-bond donors (Lipinski definition) is 1. The molecule has 8 heteroatoms. The average molecular weight is 452 g/mol. The zero-order chi connectivity index (χ0) is 19.4. The fraction of sp³-hybridized carbons (Fsp3) is 0.316. The maximum Gasteiger partial charge on any atom is 0.243 e. The van der Waals surface area contributed by atoms with E-state index in [9.17, 15) is 13.2 Å². The molecule has 27 heavy (non-hydrogen) atoms. The van der Waals surface area contributed by atoms with Crippen molar-refractivity contribution >= 4 is 43.2 Å². The number of hydrogen-bond acceptors (Lipinski definition) is 4. The van der Waals surface area contributed by atoms with Gasteiger partial charge in [0.05, 0.1) is 22.8 Å². The number of rotatable bonds is 6. The van der Waals surface area contributed by atoms with Crippen LogP contribution in [0.3, 0.4) is 0 Å². The summed E-state index contributed by atoms with van der Waals surface area (Å²) >= 11 is 3.28. The predicted octanol–water partition coefficient (Wildman–Crippen LogP) is 3.31. The number of sulfonamides is 1. The summed E-state index contributed by atoms with van der Waals surface area (Å²) in [5, 5.41) is 2.86. The Bertz CT molecular complexity index is 910. The highest BCUT2D eigenvalue weighted by Gasteiger charge is 2.23. The van der Waals surface area contributed by atoms with Crippen molar-refractivity contribution in [1.29, 1.82) is 0 Å². The molecule has 0 aliphatic carbocycles. The number of anilines is 2.